The number of aromatic nitrogens is 2. The minimum absolute atomic E-state index is 0.186. The molecule has 1 aliphatic rings. The van der Waals surface area contributed by atoms with E-state index in [9.17, 15) is 18.7 Å². The van der Waals surface area contributed by atoms with Crippen LogP contribution in [-0.2, 0) is 18.4 Å². The van der Waals surface area contributed by atoms with Crippen LogP contribution in [-0.4, -0.2) is 38.8 Å². The van der Waals surface area contributed by atoms with E-state index in [1.165, 1.54) is 12.1 Å². The molecule has 2 heterocycles. The Hall–Kier alpha value is -2.28. The van der Waals surface area contributed by atoms with Crippen LogP contribution >= 0.6 is 0 Å². The van der Waals surface area contributed by atoms with Crippen molar-refractivity contribution in [3.8, 4) is 0 Å². The number of benzene rings is 1. The number of halogens is 2. The number of rotatable bonds is 4. The van der Waals surface area contributed by atoms with E-state index < -0.39 is 23.5 Å². The number of aryl methyl sites for hydroxylation is 1. The predicted octanol–water partition coefficient (Wildman–Crippen LogP) is 2.31. The summed E-state index contributed by atoms with van der Waals surface area (Å²) in [6.45, 7) is 3.08. The molecule has 0 unspecified atom stereocenters. The third kappa shape index (κ3) is 3.17. The van der Waals surface area contributed by atoms with Gasteiger partial charge in [0, 0.05) is 44.4 Å². The van der Waals surface area contributed by atoms with Gasteiger partial charge in [0.2, 0.25) is 0 Å². The summed E-state index contributed by atoms with van der Waals surface area (Å²) in [6.07, 6.45) is 1.71. The Morgan fingerprint density at radius 2 is 1.96 bits per heavy atom. The number of carbonyl (C=O) groups is 1. The van der Waals surface area contributed by atoms with E-state index in [1.807, 2.05) is 18.9 Å². The topological polar surface area (TPSA) is 58.4 Å². The average molecular weight is 335 g/mol. The van der Waals surface area contributed by atoms with Gasteiger partial charge in [-0.25, -0.2) is 8.78 Å². The van der Waals surface area contributed by atoms with Crippen LogP contribution in [0.25, 0.3) is 0 Å². The first-order valence-electron chi connectivity index (χ1n) is 7.73. The first kappa shape index (κ1) is 16.6. The van der Waals surface area contributed by atoms with Gasteiger partial charge in [0.05, 0.1) is 12.1 Å². The molecule has 1 aliphatic heterocycles. The molecule has 0 aliphatic carbocycles. The highest BCUT2D eigenvalue weighted by Crippen LogP contribution is 2.35. The van der Waals surface area contributed by atoms with Crippen molar-refractivity contribution in [3.63, 3.8) is 0 Å². The molecular formula is C17H19F2N3O2. The molecule has 2 atom stereocenters. The standard InChI is InChI=1S/C17H19F2N3O2/c1-10-14(6-20-21(10)2)15-8-22(9-16(15)17(23)24)7-11-3-12(18)5-13(19)4-11/h3-6,15-16H,7-9H2,1-2H3,(H,23,24)/t15-,16+/m1/s1. The van der Waals surface area contributed by atoms with Crippen LogP contribution in [0.15, 0.2) is 24.4 Å². The number of carboxylic acid groups (broad SMARTS) is 1. The molecule has 0 saturated carbocycles. The van der Waals surface area contributed by atoms with Gasteiger partial charge in [0.25, 0.3) is 0 Å². The maximum absolute atomic E-state index is 13.3. The lowest BCUT2D eigenvalue weighted by molar-refractivity contribution is -0.141. The van der Waals surface area contributed by atoms with E-state index in [2.05, 4.69) is 5.10 Å². The molecule has 24 heavy (non-hydrogen) atoms. The SMILES string of the molecule is Cc1c([C@H]2CN(Cc3cc(F)cc(F)c3)C[C@@H]2C(=O)O)cnn1C. The van der Waals surface area contributed by atoms with Crippen molar-refractivity contribution < 1.29 is 18.7 Å². The van der Waals surface area contributed by atoms with Gasteiger partial charge < -0.3 is 5.11 Å². The van der Waals surface area contributed by atoms with Crippen molar-refractivity contribution in [1.82, 2.24) is 14.7 Å². The number of likely N-dealkylation sites (tertiary alicyclic amines) is 1. The van der Waals surface area contributed by atoms with E-state index in [1.54, 1.807) is 10.9 Å². The van der Waals surface area contributed by atoms with Crippen molar-refractivity contribution >= 4 is 5.97 Å². The molecule has 3 rings (SSSR count). The van der Waals surface area contributed by atoms with Gasteiger partial charge in [-0.15, -0.1) is 0 Å². The average Bonchev–Trinajstić information content (AvgIpc) is 3.03. The van der Waals surface area contributed by atoms with Crippen LogP contribution < -0.4 is 0 Å². The zero-order valence-electron chi connectivity index (χ0n) is 13.5. The summed E-state index contributed by atoms with van der Waals surface area (Å²) in [6, 6.07) is 3.39. The molecule has 0 bridgehead atoms. The smallest absolute Gasteiger partial charge is 0.308 e. The Bertz CT molecular complexity index is 755. The quantitative estimate of drug-likeness (QED) is 0.931. The zero-order valence-corrected chi connectivity index (χ0v) is 13.5. The summed E-state index contributed by atoms with van der Waals surface area (Å²) in [5.41, 5.74) is 2.35. The molecule has 1 saturated heterocycles. The Morgan fingerprint density at radius 3 is 2.50 bits per heavy atom. The van der Waals surface area contributed by atoms with Crippen LogP contribution in [0.4, 0.5) is 8.78 Å². The molecule has 0 radical (unpaired) electrons. The fraction of sp³-hybridized carbons (Fsp3) is 0.412. The van der Waals surface area contributed by atoms with Gasteiger partial charge in [-0.1, -0.05) is 0 Å². The van der Waals surface area contributed by atoms with Gasteiger partial charge in [-0.2, -0.15) is 5.10 Å². The molecule has 1 N–H and O–H groups in total. The Kier molecular flexibility index (Phi) is 4.36. The van der Waals surface area contributed by atoms with Gasteiger partial charge in [-0.05, 0) is 30.2 Å². The summed E-state index contributed by atoms with van der Waals surface area (Å²) in [5, 5.41) is 13.7. The summed E-state index contributed by atoms with van der Waals surface area (Å²) < 4.78 is 28.4. The van der Waals surface area contributed by atoms with Crippen molar-refractivity contribution in [1.29, 1.82) is 0 Å². The van der Waals surface area contributed by atoms with E-state index in [-0.39, 0.29) is 5.92 Å². The van der Waals surface area contributed by atoms with Crippen LogP contribution in [0, 0.1) is 24.5 Å². The van der Waals surface area contributed by atoms with Crippen molar-refractivity contribution in [2.45, 2.75) is 19.4 Å². The second-order valence-electron chi connectivity index (χ2n) is 6.33. The van der Waals surface area contributed by atoms with Gasteiger partial charge in [-0.3, -0.25) is 14.4 Å². The van der Waals surface area contributed by atoms with E-state index >= 15 is 0 Å². The zero-order chi connectivity index (χ0) is 17.4. The lowest BCUT2D eigenvalue weighted by Crippen LogP contribution is -2.23. The maximum atomic E-state index is 13.3. The molecule has 1 fully saturated rings. The summed E-state index contributed by atoms with van der Waals surface area (Å²) in [5.74, 6) is -2.87. The largest absolute Gasteiger partial charge is 0.481 e. The third-order valence-electron chi connectivity index (χ3n) is 4.71. The Labute approximate surface area is 138 Å². The van der Waals surface area contributed by atoms with Crippen LogP contribution in [0.5, 0.6) is 0 Å². The second-order valence-corrected chi connectivity index (χ2v) is 6.33. The van der Waals surface area contributed by atoms with Crippen molar-refractivity contribution in [2.75, 3.05) is 13.1 Å². The monoisotopic (exact) mass is 335 g/mol. The molecule has 1 aromatic heterocycles. The molecule has 7 heteroatoms. The second kappa shape index (κ2) is 6.32. The number of hydrogen-bond donors (Lipinski definition) is 1. The molecule has 0 spiro atoms. The van der Waals surface area contributed by atoms with Gasteiger partial charge in [0.15, 0.2) is 0 Å². The fourth-order valence-corrected chi connectivity index (χ4v) is 3.42. The number of nitrogens with zero attached hydrogens (tertiary/aromatic N) is 3. The highest BCUT2D eigenvalue weighted by Gasteiger charge is 2.39. The minimum atomic E-state index is -0.865. The molecule has 5 nitrogen and oxygen atoms in total. The Balaban J connectivity index is 1.82. The first-order valence-corrected chi connectivity index (χ1v) is 7.73. The lowest BCUT2D eigenvalue weighted by Gasteiger charge is -2.16. The molecule has 128 valence electrons. The molecule has 1 aromatic carbocycles. The van der Waals surface area contributed by atoms with E-state index in [0.717, 1.165) is 17.3 Å². The van der Waals surface area contributed by atoms with Crippen molar-refractivity contribution in [3.05, 3.63) is 52.9 Å². The van der Waals surface area contributed by atoms with Crippen LogP contribution in [0.1, 0.15) is 22.7 Å². The Morgan fingerprint density at radius 1 is 1.29 bits per heavy atom. The molecule has 0 amide bonds. The predicted molar refractivity (Wildman–Crippen MR) is 83.4 cm³/mol. The van der Waals surface area contributed by atoms with Gasteiger partial charge in [0.1, 0.15) is 11.6 Å². The van der Waals surface area contributed by atoms with E-state index in [4.69, 9.17) is 0 Å². The normalized spacial score (nSPS) is 21.3. The maximum Gasteiger partial charge on any atom is 0.308 e. The lowest BCUT2D eigenvalue weighted by atomic mass is 9.89. The fourth-order valence-electron chi connectivity index (χ4n) is 3.42. The minimum Gasteiger partial charge on any atom is -0.481 e. The molecule has 2 aromatic rings. The van der Waals surface area contributed by atoms with Gasteiger partial charge >= 0.3 is 5.97 Å². The summed E-state index contributed by atoms with van der Waals surface area (Å²) >= 11 is 0. The number of hydrogen-bond acceptors (Lipinski definition) is 3. The number of aliphatic carboxylic acids is 1. The highest BCUT2D eigenvalue weighted by atomic mass is 19.1. The number of carboxylic acids is 1. The first-order chi connectivity index (χ1) is 11.3. The summed E-state index contributed by atoms with van der Waals surface area (Å²) in [7, 11) is 1.82. The van der Waals surface area contributed by atoms with Crippen LogP contribution in [0.2, 0.25) is 0 Å². The molecular weight excluding hydrogens is 316 g/mol. The van der Waals surface area contributed by atoms with Crippen molar-refractivity contribution in [2.24, 2.45) is 13.0 Å². The summed E-state index contributed by atoms with van der Waals surface area (Å²) in [4.78, 5) is 13.6. The van der Waals surface area contributed by atoms with E-state index in [0.29, 0.717) is 25.2 Å². The highest BCUT2D eigenvalue weighted by molar-refractivity contribution is 5.72. The van der Waals surface area contributed by atoms with Crippen LogP contribution in [0.3, 0.4) is 0 Å². The third-order valence-corrected chi connectivity index (χ3v) is 4.71.